The van der Waals surface area contributed by atoms with Crippen LogP contribution in [0.4, 0.5) is 0 Å². The number of rotatable bonds is 3. The lowest BCUT2D eigenvalue weighted by Gasteiger charge is -2.19. The van der Waals surface area contributed by atoms with Crippen LogP contribution in [0.25, 0.3) is 0 Å². The molecule has 2 atom stereocenters. The van der Waals surface area contributed by atoms with Crippen molar-refractivity contribution in [3.8, 4) is 11.8 Å². The van der Waals surface area contributed by atoms with Gasteiger partial charge in [0.2, 0.25) is 0 Å². The predicted octanol–water partition coefficient (Wildman–Crippen LogP) is 1.36. The largest absolute Gasteiger partial charge is 0.376 e. The second kappa shape index (κ2) is 5.96. The van der Waals surface area contributed by atoms with Crippen LogP contribution in [-0.2, 0) is 4.74 Å². The monoisotopic (exact) mass is 290 g/mol. The summed E-state index contributed by atoms with van der Waals surface area (Å²) in [7, 11) is 0. The van der Waals surface area contributed by atoms with E-state index in [0.29, 0.717) is 18.0 Å². The zero-order valence-corrected chi connectivity index (χ0v) is 12.0. The molecular weight excluding hydrogens is 272 g/mol. The molecule has 20 heavy (non-hydrogen) atoms. The van der Waals surface area contributed by atoms with Crippen molar-refractivity contribution in [1.82, 2.24) is 5.32 Å². The lowest BCUT2D eigenvalue weighted by Crippen LogP contribution is -2.41. The molecule has 0 bridgehead atoms. The van der Waals surface area contributed by atoms with Crippen molar-refractivity contribution in [1.29, 1.82) is 0 Å². The summed E-state index contributed by atoms with van der Waals surface area (Å²) in [4.78, 5) is 13.1. The smallest absolute Gasteiger partial charge is 0.252 e. The molecule has 5 heteroatoms. The topological polar surface area (TPSA) is 64.4 Å². The fourth-order valence-electron chi connectivity index (χ4n) is 2.57. The average molecular weight is 290 g/mol. The Kier molecular flexibility index (Phi) is 4.06. The summed E-state index contributed by atoms with van der Waals surface area (Å²) in [5.41, 5.74) is 6.02. The molecule has 2 heterocycles. The number of nitrogens with two attached hydrogens (primary N) is 1. The molecule has 3 N–H and O–H groups in total. The van der Waals surface area contributed by atoms with E-state index in [1.165, 1.54) is 24.2 Å². The minimum atomic E-state index is -0.0248. The first kappa shape index (κ1) is 13.6. The summed E-state index contributed by atoms with van der Waals surface area (Å²) >= 11 is 1.47. The molecule has 2 unspecified atom stereocenters. The summed E-state index contributed by atoms with van der Waals surface area (Å²) in [6.07, 6.45) is 3.59. The Hall–Kier alpha value is -1.35. The van der Waals surface area contributed by atoms with Crippen molar-refractivity contribution in [2.75, 3.05) is 13.2 Å². The van der Waals surface area contributed by atoms with Gasteiger partial charge in [0.05, 0.1) is 29.1 Å². The maximum atomic E-state index is 12.2. The minimum Gasteiger partial charge on any atom is -0.376 e. The predicted molar refractivity (Wildman–Crippen MR) is 78.6 cm³/mol. The van der Waals surface area contributed by atoms with Crippen LogP contribution in [0, 0.1) is 17.8 Å². The molecule has 106 valence electrons. The Balaban J connectivity index is 1.62. The van der Waals surface area contributed by atoms with Gasteiger partial charge in [-0.05, 0) is 31.2 Å². The van der Waals surface area contributed by atoms with Crippen LogP contribution in [-0.4, -0.2) is 31.2 Å². The van der Waals surface area contributed by atoms with Gasteiger partial charge in [-0.15, -0.1) is 11.3 Å². The first-order valence-corrected chi connectivity index (χ1v) is 7.86. The molecule has 0 radical (unpaired) electrons. The second-order valence-corrected chi connectivity index (χ2v) is 6.16. The summed E-state index contributed by atoms with van der Waals surface area (Å²) in [6.45, 7) is 1.09. The van der Waals surface area contributed by atoms with Crippen LogP contribution in [0.15, 0.2) is 11.4 Å². The van der Waals surface area contributed by atoms with Gasteiger partial charge in [0, 0.05) is 12.0 Å². The van der Waals surface area contributed by atoms with Crippen LogP contribution in [0.5, 0.6) is 0 Å². The van der Waals surface area contributed by atoms with Gasteiger partial charge in [-0.1, -0.05) is 11.8 Å². The molecule has 1 aliphatic heterocycles. The van der Waals surface area contributed by atoms with Gasteiger partial charge in [0.15, 0.2) is 0 Å². The maximum absolute atomic E-state index is 12.2. The first-order valence-electron chi connectivity index (χ1n) is 6.98. The van der Waals surface area contributed by atoms with Crippen LogP contribution < -0.4 is 11.1 Å². The van der Waals surface area contributed by atoms with E-state index in [1.54, 1.807) is 0 Å². The highest BCUT2D eigenvalue weighted by Crippen LogP contribution is 2.38. The van der Waals surface area contributed by atoms with E-state index in [1.807, 2.05) is 11.4 Å². The third kappa shape index (κ3) is 3.04. The highest BCUT2D eigenvalue weighted by Gasteiger charge is 2.41. The fraction of sp³-hybridized carbons (Fsp3) is 0.533. The molecule has 0 aromatic carbocycles. The summed E-state index contributed by atoms with van der Waals surface area (Å²) in [6, 6.07) is 1.98. The summed E-state index contributed by atoms with van der Waals surface area (Å²) < 4.78 is 5.74. The zero-order chi connectivity index (χ0) is 13.9. The number of hydrogen-bond acceptors (Lipinski definition) is 4. The van der Waals surface area contributed by atoms with Crippen LogP contribution in [0.3, 0.4) is 0 Å². The van der Waals surface area contributed by atoms with Gasteiger partial charge in [0.25, 0.3) is 5.91 Å². The van der Waals surface area contributed by atoms with Crippen LogP contribution >= 0.6 is 11.3 Å². The molecule has 1 aromatic rings. The Bertz CT molecular complexity index is 554. The maximum Gasteiger partial charge on any atom is 0.252 e. The zero-order valence-electron chi connectivity index (χ0n) is 11.2. The van der Waals surface area contributed by atoms with Crippen molar-refractivity contribution in [2.45, 2.75) is 31.4 Å². The Morgan fingerprint density at radius 1 is 1.50 bits per heavy atom. The number of carbonyl (C=O) groups is 1. The average Bonchev–Trinajstić information content (AvgIpc) is 3.00. The number of amides is 1. The fourth-order valence-corrected chi connectivity index (χ4v) is 3.32. The normalized spacial score (nSPS) is 25.1. The molecule has 1 aromatic heterocycles. The molecule has 4 nitrogen and oxygen atoms in total. The number of ether oxygens (including phenoxy) is 1. The lowest BCUT2D eigenvalue weighted by molar-refractivity contribution is 0.0730. The van der Waals surface area contributed by atoms with Crippen LogP contribution in [0.1, 0.15) is 34.5 Å². The standard InChI is InChI=1S/C15H18N2O2S/c16-6-1-2-12-8-11(9-20-12)15(18)17-13-5-7-19-14(13)10-3-4-10/h8-10,13-14H,3-7,16H2,(H,17,18). The SMILES string of the molecule is NCC#Cc1cc(C(=O)NC2CCOC2C2CC2)cs1. The molecular formula is C15H18N2O2S. The number of carbonyl (C=O) groups excluding carboxylic acids is 1. The third-order valence-corrected chi connectivity index (χ3v) is 4.56. The Labute approximate surface area is 122 Å². The van der Waals surface area contributed by atoms with Gasteiger partial charge in [-0.3, -0.25) is 4.79 Å². The van der Waals surface area contributed by atoms with Crippen LogP contribution in [0.2, 0.25) is 0 Å². The van der Waals surface area contributed by atoms with E-state index in [4.69, 9.17) is 10.5 Å². The van der Waals surface area contributed by atoms with E-state index in [0.717, 1.165) is 17.9 Å². The molecule has 2 aliphatic rings. The molecule has 1 saturated carbocycles. The molecule has 2 fully saturated rings. The van der Waals surface area contributed by atoms with E-state index >= 15 is 0 Å². The van der Waals surface area contributed by atoms with Crippen molar-refractivity contribution in [3.63, 3.8) is 0 Å². The Morgan fingerprint density at radius 2 is 2.35 bits per heavy atom. The second-order valence-electron chi connectivity index (χ2n) is 5.25. The molecule has 0 spiro atoms. The highest BCUT2D eigenvalue weighted by atomic mass is 32.1. The first-order chi connectivity index (χ1) is 9.78. The molecule has 1 amide bonds. The Morgan fingerprint density at radius 3 is 3.10 bits per heavy atom. The minimum absolute atomic E-state index is 0.0248. The number of thiophene rings is 1. The van der Waals surface area contributed by atoms with Gasteiger partial charge in [0.1, 0.15) is 0 Å². The quantitative estimate of drug-likeness (QED) is 0.826. The van der Waals surface area contributed by atoms with Crippen molar-refractivity contribution in [3.05, 3.63) is 21.9 Å². The van der Waals surface area contributed by atoms with Crippen molar-refractivity contribution < 1.29 is 9.53 Å². The van der Waals surface area contributed by atoms with Gasteiger partial charge in [-0.25, -0.2) is 0 Å². The molecule has 1 aliphatic carbocycles. The molecule has 3 rings (SSSR count). The van der Waals surface area contributed by atoms with Gasteiger partial charge in [-0.2, -0.15) is 0 Å². The van der Waals surface area contributed by atoms with Crippen molar-refractivity contribution >= 4 is 17.2 Å². The summed E-state index contributed by atoms with van der Waals surface area (Å²) in [5, 5.41) is 4.95. The summed E-state index contributed by atoms with van der Waals surface area (Å²) in [5.74, 6) is 6.37. The van der Waals surface area contributed by atoms with Crippen molar-refractivity contribution in [2.24, 2.45) is 11.7 Å². The van der Waals surface area contributed by atoms with Gasteiger partial charge >= 0.3 is 0 Å². The third-order valence-electron chi connectivity index (χ3n) is 3.71. The molecule has 1 saturated heterocycles. The van der Waals surface area contributed by atoms with E-state index < -0.39 is 0 Å². The van der Waals surface area contributed by atoms with E-state index in [2.05, 4.69) is 17.2 Å². The van der Waals surface area contributed by atoms with E-state index in [9.17, 15) is 4.79 Å². The highest BCUT2D eigenvalue weighted by molar-refractivity contribution is 7.10. The number of hydrogen-bond donors (Lipinski definition) is 2. The number of nitrogens with one attached hydrogen (secondary N) is 1. The van der Waals surface area contributed by atoms with E-state index in [-0.39, 0.29) is 18.1 Å². The van der Waals surface area contributed by atoms with Gasteiger partial charge < -0.3 is 15.8 Å². The lowest BCUT2D eigenvalue weighted by atomic mass is 10.1.